The molecule has 1 unspecified atom stereocenters. The first kappa shape index (κ1) is 16.2. The highest BCUT2D eigenvalue weighted by Gasteiger charge is 2.35. The average Bonchev–Trinajstić information content (AvgIpc) is 2.60. The highest BCUT2D eigenvalue weighted by Crippen LogP contribution is 2.26. The number of carbonyl (C=O) groups is 2. The van der Waals surface area contributed by atoms with Crippen molar-refractivity contribution in [2.75, 3.05) is 11.9 Å². The summed E-state index contributed by atoms with van der Waals surface area (Å²) in [5.41, 5.74) is 1.35. The van der Waals surface area contributed by atoms with Crippen molar-refractivity contribution in [2.45, 2.75) is 31.6 Å². The van der Waals surface area contributed by atoms with Crippen molar-refractivity contribution in [3.8, 4) is 0 Å². The lowest BCUT2D eigenvalue weighted by molar-refractivity contribution is -0.142. The number of ketones is 1. The predicted octanol–water partition coefficient (Wildman–Crippen LogP) is 3.06. The first-order valence-corrected chi connectivity index (χ1v) is 8.05. The van der Waals surface area contributed by atoms with E-state index >= 15 is 0 Å². The normalized spacial score (nSPS) is 16.1. The molecule has 1 heterocycles. The highest BCUT2D eigenvalue weighted by molar-refractivity contribution is 5.98. The molecule has 0 bridgehead atoms. The maximum Gasteiger partial charge on any atom is 0.315 e. The third kappa shape index (κ3) is 3.02. The molecule has 0 amide bonds. The van der Waals surface area contributed by atoms with Crippen LogP contribution in [-0.2, 0) is 16.6 Å². The zero-order chi connectivity index (χ0) is 17.2. The summed E-state index contributed by atoms with van der Waals surface area (Å²) in [4.78, 5) is 27.9. The summed E-state index contributed by atoms with van der Waals surface area (Å²) in [7, 11) is 0. The summed E-state index contributed by atoms with van der Waals surface area (Å²) >= 11 is 0. The van der Waals surface area contributed by atoms with Gasteiger partial charge in [-0.25, -0.2) is 4.98 Å². The van der Waals surface area contributed by atoms with Gasteiger partial charge in [-0.3, -0.25) is 9.59 Å². The Hall–Kier alpha value is -2.69. The molecule has 3 rings (SSSR count). The highest BCUT2D eigenvalue weighted by atomic mass is 16.4. The number of carboxylic acids is 1. The second-order valence-corrected chi connectivity index (χ2v) is 6.36. The van der Waals surface area contributed by atoms with Crippen molar-refractivity contribution in [3.05, 3.63) is 59.3 Å². The number of nitrogens with zero attached hydrogens (tertiary/aromatic N) is 1. The van der Waals surface area contributed by atoms with Gasteiger partial charge in [0.2, 0.25) is 0 Å². The molecule has 0 saturated heterocycles. The van der Waals surface area contributed by atoms with Gasteiger partial charge < -0.3 is 10.4 Å². The molecule has 1 aliphatic rings. The molecule has 1 aromatic heterocycles. The zero-order valence-corrected chi connectivity index (χ0v) is 13.6. The van der Waals surface area contributed by atoms with Gasteiger partial charge in [-0.05, 0) is 37.0 Å². The van der Waals surface area contributed by atoms with Crippen LogP contribution in [0.25, 0.3) is 0 Å². The number of hydrogen-bond acceptors (Lipinski definition) is 4. The Morgan fingerprint density at radius 3 is 2.75 bits per heavy atom. The molecule has 2 aromatic rings. The molecule has 0 fully saturated rings. The molecule has 124 valence electrons. The minimum Gasteiger partial charge on any atom is -0.481 e. The number of carbonyl (C=O) groups excluding carboxylic acids is 1. The van der Waals surface area contributed by atoms with Crippen LogP contribution >= 0.6 is 0 Å². The van der Waals surface area contributed by atoms with Crippen LogP contribution < -0.4 is 5.32 Å². The number of aryl methyl sites for hydroxylation is 1. The quantitative estimate of drug-likeness (QED) is 0.883. The van der Waals surface area contributed by atoms with Gasteiger partial charge in [0, 0.05) is 24.7 Å². The van der Waals surface area contributed by atoms with Gasteiger partial charge in [-0.15, -0.1) is 0 Å². The van der Waals surface area contributed by atoms with Crippen LogP contribution in [0.1, 0.15) is 41.3 Å². The lowest BCUT2D eigenvalue weighted by Crippen LogP contribution is -2.39. The summed E-state index contributed by atoms with van der Waals surface area (Å²) in [6.07, 6.45) is 3.88. The number of Topliss-reactive ketones (excluding diaryl/α,β-unsaturated/α-hetero) is 1. The molecular formula is C19H20N2O3. The van der Waals surface area contributed by atoms with Gasteiger partial charge in [0.15, 0.2) is 5.78 Å². The number of nitrogens with one attached hydrogen (secondary N) is 1. The Kier molecular flexibility index (Phi) is 4.34. The number of rotatable bonds is 5. The summed E-state index contributed by atoms with van der Waals surface area (Å²) < 4.78 is 0. The summed E-state index contributed by atoms with van der Waals surface area (Å²) in [6.45, 7) is 1.91. The number of aliphatic carboxylic acids is 1. The number of fused-ring (bicyclic) bond motifs is 1. The molecule has 0 spiro atoms. The van der Waals surface area contributed by atoms with Crippen LogP contribution in [0.15, 0.2) is 42.6 Å². The fourth-order valence-electron chi connectivity index (χ4n) is 3.00. The number of anilines is 1. The van der Waals surface area contributed by atoms with E-state index in [0.717, 1.165) is 24.0 Å². The summed E-state index contributed by atoms with van der Waals surface area (Å²) in [6, 6.07) is 11.0. The van der Waals surface area contributed by atoms with Gasteiger partial charge in [0.05, 0.1) is 0 Å². The lowest BCUT2D eigenvalue weighted by atomic mass is 9.82. The van der Waals surface area contributed by atoms with Gasteiger partial charge in [-0.1, -0.05) is 30.3 Å². The van der Waals surface area contributed by atoms with Crippen LogP contribution in [0.4, 0.5) is 5.82 Å². The van der Waals surface area contributed by atoms with E-state index in [0.29, 0.717) is 17.8 Å². The minimum atomic E-state index is -1.06. The number of pyridine rings is 1. The molecule has 0 saturated carbocycles. The van der Waals surface area contributed by atoms with Gasteiger partial charge in [-0.2, -0.15) is 0 Å². The molecule has 24 heavy (non-hydrogen) atoms. The second kappa shape index (κ2) is 6.43. The summed E-state index contributed by atoms with van der Waals surface area (Å²) in [5, 5.41) is 12.8. The largest absolute Gasteiger partial charge is 0.481 e. The van der Waals surface area contributed by atoms with Crippen LogP contribution in [0.5, 0.6) is 0 Å². The van der Waals surface area contributed by atoms with E-state index in [2.05, 4.69) is 10.3 Å². The van der Waals surface area contributed by atoms with Crippen LogP contribution in [-0.4, -0.2) is 28.4 Å². The van der Waals surface area contributed by atoms with E-state index in [1.807, 2.05) is 36.4 Å². The molecule has 0 aliphatic heterocycles. The predicted molar refractivity (Wildman–Crippen MR) is 91.4 cm³/mol. The van der Waals surface area contributed by atoms with Crippen LogP contribution in [0.2, 0.25) is 0 Å². The first-order valence-electron chi connectivity index (χ1n) is 8.05. The van der Waals surface area contributed by atoms with E-state index in [4.69, 9.17) is 0 Å². The Balaban J connectivity index is 1.81. The van der Waals surface area contributed by atoms with E-state index in [-0.39, 0.29) is 12.3 Å². The standard InChI is InChI=1S/C19H20N2O3/c1-19(18(23)24,14-7-3-2-4-8-14)12-21-17-10-13-6-5-9-16(22)15(13)11-20-17/h2-4,7-8,10-11H,5-6,9,12H2,1H3,(H,20,21)(H,23,24). The molecule has 2 N–H and O–H groups in total. The summed E-state index contributed by atoms with van der Waals surface area (Å²) in [5.74, 6) is -0.156. The maximum atomic E-state index is 11.9. The lowest BCUT2D eigenvalue weighted by Gasteiger charge is -2.26. The minimum absolute atomic E-state index is 0.134. The molecule has 1 aromatic carbocycles. The third-order valence-corrected chi connectivity index (χ3v) is 4.65. The van der Waals surface area contributed by atoms with Crippen molar-refractivity contribution in [3.63, 3.8) is 0 Å². The van der Waals surface area contributed by atoms with Crippen molar-refractivity contribution < 1.29 is 14.7 Å². The number of hydrogen-bond donors (Lipinski definition) is 2. The molecule has 5 heteroatoms. The van der Waals surface area contributed by atoms with Crippen molar-refractivity contribution >= 4 is 17.6 Å². The Morgan fingerprint density at radius 1 is 1.29 bits per heavy atom. The zero-order valence-electron chi connectivity index (χ0n) is 13.6. The van der Waals surface area contributed by atoms with Crippen LogP contribution in [0, 0.1) is 0 Å². The maximum absolute atomic E-state index is 11.9. The van der Waals surface area contributed by atoms with Crippen molar-refractivity contribution in [1.29, 1.82) is 0 Å². The first-order chi connectivity index (χ1) is 11.5. The Bertz CT molecular complexity index is 773. The Morgan fingerprint density at radius 2 is 2.04 bits per heavy atom. The fourth-order valence-corrected chi connectivity index (χ4v) is 3.00. The molecule has 0 radical (unpaired) electrons. The monoisotopic (exact) mass is 324 g/mol. The average molecular weight is 324 g/mol. The fraction of sp³-hybridized carbons (Fsp3) is 0.316. The molecule has 5 nitrogen and oxygen atoms in total. The number of aromatic nitrogens is 1. The van der Waals surface area contributed by atoms with Crippen molar-refractivity contribution in [1.82, 2.24) is 4.98 Å². The van der Waals surface area contributed by atoms with E-state index < -0.39 is 11.4 Å². The topological polar surface area (TPSA) is 79.3 Å². The second-order valence-electron chi connectivity index (χ2n) is 6.36. The van der Waals surface area contributed by atoms with Crippen molar-refractivity contribution in [2.24, 2.45) is 0 Å². The SMILES string of the molecule is CC(CNc1cc2c(cn1)C(=O)CCC2)(C(=O)O)c1ccccc1. The third-order valence-electron chi connectivity index (χ3n) is 4.65. The molecule has 1 atom stereocenters. The Labute approximate surface area is 140 Å². The number of benzene rings is 1. The molecular weight excluding hydrogens is 304 g/mol. The smallest absolute Gasteiger partial charge is 0.315 e. The van der Waals surface area contributed by atoms with E-state index in [1.54, 1.807) is 13.1 Å². The van der Waals surface area contributed by atoms with E-state index in [1.165, 1.54) is 0 Å². The van der Waals surface area contributed by atoms with Gasteiger partial charge in [0.25, 0.3) is 0 Å². The molecule has 1 aliphatic carbocycles. The van der Waals surface area contributed by atoms with Gasteiger partial charge >= 0.3 is 5.97 Å². The van der Waals surface area contributed by atoms with Gasteiger partial charge in [0.1, 0.15) is 11.2 Å². The van der Waals surface area contributed by atoms with E-state index in [9.17, 15) is 14.7 Å². The van der Waals surface area contributed by atoms with Crippen LogP contribution in [0.3, 0.4) is 0 Å². The number of carboxylic acid groups (broad SMARTS) is 1.